The van der Waals surface area contributed by atoms with Crippen molar-refractivity contribution in [3.8, 4) is 0 Å². The van der Waals surface area contributed by atoms with Crippen molar-refractivity contribution in [2.45, 2.75) is 51.4 Å². The number of nitrogens with one attached hydrogen (secondary N) is 1. The minimum atomic E-state index is 0.754. The molecular weight excluding hydrogens is 194 g/mol. The second kappa shape index (κ2) is 3.48. The van der Waals surface area contributed by atoms with Crippen LogP contribution in [0.5, 0.6) is 0 Å². The van der Waals surface area contributed by atoms with E-state index in [0.717, 1.165) is 29.1 Å². The van der Waals surface area contributed by atoms with E-state index in [-0.39, 0.29) is 0 Å². The van der Waals surface area contributed by atoms with E-state index in [0.29, 0.717) is 0 Å². The van der Waals surface area contributed by atoms with E-state index < -0.39 is 0 Å². The molecule has 0 unspecified atom stereocenters. The maximum Gasteiger partial charge on any atom is 0.00131 e. The van der Waals surface area contributed by atoms with E-state index in [1.165, 1.54) is 25.9 Å². The van der Waals surface area contributed by atoms with Crippen LogP contribution in [0.25, 0.3) is 0 Å². The number of rotatable bonds is 0. The third-order valence-electron chi connectivity index (χ3n) is 6.46. The minimum absolute atomic E-state index is 0.754. The third kappa shape index (κ3) is 1.27. The largest absolute Gasteiger partial charge is 0.316 e. The predicted molar refractivity (Wildman–Crippen MR) is 66.2 cm³/mol. The summed E-state index contributed by atoms with van der Waals surface area (Å²) in [6.45, 7) is 2.65. The van der Waals surface area contributed by atoms with E-state index >= 15 is 0 Å². The fourth-order valence-corrected chi connectivity index (χ4v) is 5.93. The first kappa shape index (κ1) is 9.94. The maximum absolute atomic E-state index is 3.77. The Morgan fingerprint density at radius 1 is 0.812 bits per heavy atom. The zero-order valence-corrected chi connectivity index (χ0v) is 10.4. The van der Waals surface area contributed by atoms with Crippen LogP contribution in [0, 0.1) is 29.1 Å². The summed E-state index contributed by atoms with van der Waals surface area (Å²) in [6.07, 6.45) is 12.4. The molecule has 5 rings (SSSR count). The Hall–Kier alpha value is -0.0400. The maximum atomic E-state index is 3.77. The molecule has 1 heterocycles. The highest BCUT2D eigenvalue weighted by atomic mass is 14.9. The number of hydrogen-bond acceptors (Lipinski definition) is 1. The smallest absolute Gasteiger partial charge is 0.00131 e. The molecule has 1 aliphatic heterocycles. The van der Waals surface area contributed by atoms with Crippen LogP contribution in [0.4, 0.5) is 0 Å². The molecular formula is C15H25N. The lowest BCUT2D eigenvalue weighted by Gasteiger charge is -2.61. The second-order valence-corrected chi connectivity index (χ2v) is 7.17. The molecule has 1 N–H and O–H groups in total. The average Bonchev–Trinajstić information content (AvgIpc) is 2.51. The van der Waals surface area contributed by atoms with Gasteiger partial charge in [0.05, 0.1) is 0 Å². The Labute approximate surface area is 99.4 Å². The average molecular weight is 219 g/mol. The topological polar surface area (TPSA) is 12.0 Å². The lowest BCUT2D eigenvalue weighted by atomic mass is 9.44. The van der Waals surface area contributed by atoms with E-state index in [4.69, 9.17) is 0 Å². The van der Waals surface area contributed by atoms with Crippen molar-refractivity contribution in [2.75, 3.05) is 13.1 Å². The molecule has 1 spiro atoms. The van der Waals surface area contributed by atoms with Crippen molar-refractivity contribution in [1.82, 2.24) is 5.32 Å². The van der Waals surface area contributed by atoms with Crippen molar-refractivity contribution < 1.29 is 0 Å². The molecule has 4 bridgehead atoms. The van der Waals surface area contributed by atoms with Crippen molar-refractivity contribution in [3.63, 3.8) is 0 Å². The van der Waals surface area contributed by atoms with Gasteiger partial charge in [0, 0.05) is 6.54 Å². The fourth-order valence-electron chi connectivity index (χ4n) is 5.93. The molecule has 5 aliphatic rings. The van der Waals surface area contributed by atoms with Gasteiger partial charge >= 0.3 is 0 Å². The van der Waals surface area contributed by atoms with Gasteiger partial charge in [-0.25, -0.2) is 0 Å². The minimum Gasteiger partial charge on any atom is -0.316 e. The van der Waals surface area contributed by atoms with Gasteiger partial charge in [0.15, 0.2) is 0 Å². The van der Waals surface area contributed by atoms with Crippen LogP contribution in [0.3, 0.4) is 0 Å². The van der Waals surface area contributed by atoms with E-state index in [1.54, 1.807) is 38.5 Å². The Morgan fingerprint density at radius 3 is 2.19 bits per heavy atom. The summed E-state index contributed by atoms with van der Waals surface area (Å²) in [5.41, 5.74) is 0.754. The summed E-state index contributed by atoms with van der Waals surface area (Å²) in [5.74, 6) is 4.48. The second-order valence-electron chi connectivity index (χ2n) is 7.17. The highest BCUT2D eigenvalue weighted by Crippen LogP contribution is 2.63. The fraction of sp³-hybridized carbons (Fsp3) is 1.00. The lowest BCUT2D eigenvalue weighted by molar-refractivity contribution is -0.109. The van der Waals surface area contributed by atoms with Crippen LogP contribution in [-0.2, 0) is 0 Å². The molecule has 4 aliphatic carbocycles. The van der Waals surface area contributed by atoms with Crippen molar-refractivity contribution in [3.05, 3.63) is 0 Å². The molecule has 1 nitrogen and oxygen atoms in total. The van der Waals surface area contributed by atoms with Crippen LogP contribution in [0.1, 0.15) is 51.4 Å². The number of hydrogen-bond donors (Lipinski definition) is 1. The monoisotopic (exact) mass is 219 g/mol. The van der Waals surface area contributed by atoms with Gasteiger partial charge in [-0.3, -0.25) is 0 Å². The predicted octanol–water partition coefficient (Wildman–Crippen LogP) is 3.20. The van der Waals surface area contributed by atoms with E-state index in [2.05, 4.69) is 5.32 Å². The van der Waals surface area contributed by atoms with Gasteiger partial charge in [-0.15, -0.1) is 0 Å². The quantitative estimate of drug-likeness (QED) is 0.659. The Bertz CT molecular complexity index is 245. The zero-order valence-electron chi connectivity index (χ0n) is 10.4. The van der Waals surface area contributed by atoms with Crippen LogP contribution in [0.2, 0.25) is 0 Å². The van der Waals surface area contributed by atoms with Crippen LogP contribution >= 0.6 is 0 Å². The Kier molecular flexibility index (Phi) is 2.16. The molecule has 90 valence electrons. The molecule has 1 saturated heterocycles. The highest BCUT2D eigenvalue weighted by molar-refractivity contribution is 5.07. The molecule has 0 atom stereocenters. The summed E-state index contributed by atoms with van der Waals surface area (Å²) in [6, 6.07) is 0. The highest BCUT2D eigenvalue weighted by Gasteiger charge is 2.56. The molecule has 1 heteroatoms. The molecule has 0 aromatic rings. The van der Waals surface area contributed by atoms with Crippen LogP contribution < -0.4 is 5.32 Å². The molecule has 0 amide bonds. The van der Waals surface area contributed by atoms with E-state index in [1.807, 2.05) is 0 Å². The lowest BCUT2D eigenvalue weighted by Crippen LogP contribution is -2.56. The van der Waals surface area contributed by atoms with Gasteiger partial charge in [0.2, 0.25) is 0 Å². The normalized spacial score (nSPS) is 55.5. The molecule has 4 saturated carbocycles. The van der Waals surface area contributed by atoms with Crippen LogP contribution in [0.15, 0.2) is 0 Å². The summed E-state index contributed by atoms with van der Waals surface area (Å²) in [7, 11) is 0. The first-order valence-corrected chi connectivity index (χ1v) is 7.57. The summed E-state index contributed by atoms with van der Waals surface area (Å²) < 4.78 is 0. The SMILES string of the molecule is C1CCC2(CNC1)C1CC3CC(C1)CC2C3. The molecule has 0 aromatic carbocycles. The van der Waals surface area contributed by atoms with Crippen molar-refractivity contribution in [1.29, 1.82) is 0 Å². The zero-order chi connectivity index (χ0) is 10.6. The van der Waals surface area contributed by atoms with Gasteiger partial charge in [-0.2, -0.15) is 0 Å². The summed E-state index contributed by atoms with van der Waals surface area (Å²) >= 11 is 0. The van der Waals surface area contributed by atoms with Gasteiger partial charge in [-0.05, 0) is 80.6 Å². The van der Waals surface area contributed by atoms with Crippen molar-refractivity contribution >= 4 is 0 Å². The summed E-state index contributed by atoms with van der Waals surface area (Å²) in [5, 5.41) is 3.77. The standard InChI is InChI=1S/C15H25N/c1-2-4-16-10-15(3-1)13-6-11-5-12(8-13)9-14(15)7-11/h11-14,16H,1-10H2. The molecule has 5 fully saturated rings. The first-order valence-electron chi connectivity index (χ1n) is 7.57. The molecule has 0 aromatic heterocycles. The van der Waals surface area contributed by atoms with Gasteiger partial charge < -0.3 is 5.32 Å². The first-order chi connectivity index (χ1) is 7.87. The van der Waals surface area contributed by atoms with Gasteiger partial charge in [0.25, 0.3) is 0 Å². The van der Waals surface area contributed by atoms with Gasteiger partial charge in [0.1, 0.15) is 0 Å². The molecule has 0 radical (unpaired) electrons. The van der Waals surface area contributed by atoms with Crippen molar-refractivity contribution in [2.24, 2.45) is 29.1 Å². The molecule has 16 heavy (non-hydrogen) atoms. The van der Waals surface area contributed by atoms with Gasteiger partial charge in [-0.1, -0.05) is 6.42 Å². The Morgan fingerprint density at radius 2 is 1.50 bits per heavy atom. The van der Waals surface area contributed by atoms with Crippen LogP contribution in [-0.4, -0.2) is 13.1 Å². The van der Waals surface area contributed by atoms with E-state index in [9.17, 15) is 0 Å². The summed E-state index contributed by atoms with van der Waals surface area (Å²) in [4.78, 5) is 0. The Balaban J connectivity index is 1.67. The third-order valence-corrected chi connectivity index (χ3v) is 6.46.